The van der Waals surface area contributed by atoms with Crippen LogP contribution in [0, 0.1) is 34.8 Å². The molecule has 3 aromatic heterocycles. The second-order valence-corrected chi connectivity index (χ2v) is 21.2. The van der Waals surface area contributed by atoms with Gasteiger partial charge in [-0.3, -0.25) is 4.79 Å². The smallest absolute Gasteiger partial charge is 0.410 e. The molecule has 3 saturated heterocycles. The number of likely N-dealkylation sites (tertiary alicyclic amines) is 1. The first-order valence-electron chi connectivity index (χ1n) is 24.6. The molecule has 0 radical (unpaired) electrons. The Morgan fingerprint density at radius 1 is 1.03 bits per heavy atom. The number of nitriles is 1. The predicted octanol–water partition coefficient (Wildman–Crippen LogP) is 12.5. The lowest BCUT2D eigenvalue weighted by Crippen LogP contribution is -2.45. The fourth-order valence-electron chi connectivity index (χ4n) is 11.1. The quantitative estimate of drug-likeness (QED) is 0.0913. The van der Waals surface area contributed by atoms with Gasteiger partial charge in [0.15, 0.2) is 17.4 Å². The van der Waals surface area contributed by atoms with E-state index < -0.39 is 47.6 Å². The fraction of sp³-hybridized carbons (Fsp3) is 0.411. The molecule has 17 heteroatoms. The van der Waals surface area contributed by atoms with Crippen LogP contribution in [0.15, 0.2) is 79.5 Å². The molecule has 6 aromatic rings. The summed E-state index contributed by atoms with van der Waals surface area (Å²) in [5.41, 5.74) is 2.90. The maximum Gasteiger partial charge on any atom is 0.410 e. The molecule has 5 aliphatic rings. The van der Waals surface area contributed by atoms with E-state index in [-0.39, 0.29) is 88.5 Å². The number of carbonyl (C=O) groups is 2. The second-order valence-electron chi connectivity index (χ2n) is 20.4. The Morgan fingerprint density at radius 3 is 2.48 bits per heavy atom. The van der Waals surface area contributed by atoms with Gasteiger partial charge in [-0.25, -0.2) is 23.5 Å². The number of fused-ring (bicyclic) bond motifs is 4. The summed E-state index contributed by atoms with van der Waals surface area (Å²) in [7, 11) is 3.03. The van der Waals surface area contributed by atoms with Gasteiger partial charge in [-0.05, 0) is 94.8 Å². The van der Waals surface area contributed by atoms with E-state index in [9.17, 15) is 14.9 Å². The van der Waals surface area contributed by atoms with Crippen LogP contribution in [0.2, 0.25) is 10.0 Å². The minimum Gasteiger partial charge on any atom is -0.497 e. The first kappa shape index (κ1) is 50.1. The first-order valence-corrected chi connectivity index (χ1v) is 25.4. The molecule has 6 heterocycles. The third-order valence-corrected chi connectivity index (χ3v) is 15.5. The van der Waals surface area contributed by atoms with E-state index in [0.29, 0.717) is 70.4 Å². The highest BCUT2D eigenvalue weighted by atomic mass is 35.5. The molecule has 13 nitrogen and oxygen atoms in total. The molecule has 0 unspecified atom stereocenters. The zero-order valence-corrected chi connectivity index (χ0v) is 43.0. The van der Waals surface area contributed by atoms with Gasteiger partial charge in [0.05, 0.1) is 84.6 Å². The topological polar surface area (TPSA) is 141 Å². The van der Waals surface area contributed by atoms with Crippen molar-refractivity contribution in [3.8, 4) is 34.6 Å². The van der Waals surface area contributed by atoms with Crippen molar-refractivity contribution in [2.45, 2.75) is 115 Å². The number of methoxy groups -OCH3 is 2. The molecule has 0 spiro atoms. The lowest BCUT2D eigenvalue weighted by Gasteiger charge is -2.41. The van der Waals surface area contributed by atoms with Gasteiger partial charge < -0.3 is 38.1 Å². The lowest BCUT2D eigenvalue weighted by atomic mass is 9.79. The molecule has 3 aliphatic heterocycles. The molecule has 3 aromatic carbocycles. The van der Waals surface area contributed by atoms with Crippen molar-refractivity contribution in [3.05, 3.63) is 124 Å². The number of nitrogens with zero attached hydrogens (tertiary/aromatic N) is 6. The molecule has 2 saturated carbocycles. The second kappa shape index (κ2) is 19.8. The van der Waals surface area contributed by atoms with Crippen LogP contribution >= 0.6 is 23.2 Å². The van der Waals surface area contributed by atoms with Crippen LogP contribution in [0.5, 0.6) is 17.4 Å². The maximum atomic E-state index is 18.3. The van der Waals surface area contributed by atoms with Gasteiger partial charge in [0.2, 0.25) is 11.8 Å². The molecule has 2 aliphatic carbocycles. The number of halogens is 4. The molecular formula is C56H56Cl2F2N6O7. The largest absolute Gasteiger partial charge is 0.497 e. The molecule has 380 valence electrons. The van der Waals surface area contributed by atoms with Crippen LogP contribution in [-0.2, 0) is 27.3 Å². The van der Waals surface area contributed by atoms with Crippen molar-refractivity contribution in [1.29, 1.82) is 5.26 Å². The minimum atomic E-state index is -0.782. The number of rotatable bonds is 15. The third kappa shape index (κ3) is 9.20. The Hall–Kier alpha value is -6.47. The Morgan fingerprint density at radius 2 is 1.79 bits per heavy atom. The maximum absolute atomic E-state index is 18.3. The van der Waals surface area contributed by atoms with Crippen molar-refractivity contribution in [1.82, 2.24) is 24.3 Å². The number of carbonyl (C=O) groups excluding carboxylic acids is 2. The summed E-state index contributed by atoms with van der Waals surface area (Å²) in [5.74, 6) is -1.01. The molecule has 2 bridgehead atoms. The van der Waals surface area contributed by atoms with Crippen LogP contribution in [0.1, 0.15) is 101 Å². The normalized spacial score (nSPS) is 21.8. The van der Waals surface area contributed by atoms with Gasteiger partial charge in [0.25, 0.3) is 0 Å². The van der Waals surface area contributed by atoms with Gasteiger partial charge in [-0.2, -0.15) is 5.26 Å². The molecular weight excluding hydrogens is 978 g/mol. The number of aromatic nitrogens is 3. The Balaban J connectivity index is 1.24. The molecule has 2 amide bonds. The van der Waals surface area contributed by atoms with Crippen molar-refractivity contribution in [2.24, 2.45) is 11.8 Å². The zero-order valence-electron chi connectivity index (χ0n) is 41.5. The van der Waals surface area contributed by atoms with Crippen LogP contribution in [0.3, 0.4) is 0 Å². The van der Waals surface area contributed by atoms with E-state index in [2.05, 4.69) is 22.2 Å². The van der Waals surface area contributed by atoms with E-state index in [0.717, 1.165) is 11.8 Å². The van der Waals surface area contributed by atoms with Crippen LogP contribution in [-0.4, -0.2) is 80.9 Å². The molecule has 7 atom stereocenters. The van der Waals surface area contributed by atoms with E-state index in [1.807, 2.05) is 69.0 Å². The highest BCUT2D eigenvalue weighted by molar-refractivity contribution is 6.43. The van der Waals surface area contributed by atoms with Crippen molar-refractivity contribution >= 4 is 57.0 Å². The number of aryl methyl sites for hydroxylation is 1. The number of hydrogen-bond acceptors (Lipinski definition) is 10. The number of hydrogen-bond donors (Lipinski definition) is 0. The standard InChI is InChI=1S/C56H56Cl2F2N6O7/c1-8-40-45(72-44-25-46(70-7)62-26-39(44)59)24-42(65(40)54(67)31-16-17-31)41-23-37-50(29(2)71-28-30-14-18-34(69-6)19-15-30)63-51-36(21-32(11-10-20-61)47(49(51)60)35-12-9-13-38(57)48(35)58)53(37)66(41)52-33-22-43(52)64(27-33)55(68)73-56(3,4)5/h8-9,12-15,18-19,21,23,25-26,29,31,33,40,42-43,45,52H,1,10-11,16-17,22,24,27-28H2,2-7H3/t29-,33-,40-,42-,43-,45+,52+/m1/s1. The van der Waals surface area contributed by atoms with Crippen molar-refractivity contribution < 1.29 is 42.1 Å². The molecule has 0 N–H and O–H groups in total. The summed E-state index contributed by atoms with van der Waals surface area (Å²) in [5, 5.41) is 11.4. The van der Waals surface area contributed by atoms with Gasteiger partial charge >= 0.3 is 6.09 Å². The van der Waals surface area contributed by atoms with Gasteiger partial charge in [-0.15, -0.1) is 6.58 Å². The van der Waals surface area contributed by atoms with E-state index in [1.54, 1.807) is 36.3 Å². The number of ether oxygens (including phenoxy) is 5. The van der Waals surface area contributed by atoms with E-state index in [4.69, 9.17) is 51.9 Å². The number of benzene rings is 3. The van der Waals surface area contributed by atoms with Crippen molar-refractivity contribution in [2.75, 3.05) is 20.8 Å². The monoisotopic (exact) mass is 1030 g/mol. The summed E-state index contributed by atoms with van der Waals surface area (Å²) in [6, 6.07) is 17.9. The summed E-state index contributed by atoms with van der Waals surface area (Å²) in [4.78, 5) is 41.7. The summed E-state index contributed by atoms with van der Waals surface area (Å²) in [6.45, 7) is 12.1. The van der Waals surface area contributed by atoms with Crippen LogP contribution < -0.4 is 14.2 Å². The first-order chi connectivity index (χ1) is 35.0. The zero-order chi connectivity index (χ0) is 51.6. The molecule has 73 heavy (non-hydrogen) atoms. The summed E-state index contributed by atoms with van der Waals surface area (Å²) >= 11 is 13.5. The average molecular weight is 1030 g/mol. The summed E-state index contributed by atoms with van der Waals surface area (Å²) < 4.78 is 65.9. The Labute approximate surface area is 432 Å². The Kier molecular flexibility index (Phi) is 13.6. The van der Waals surface area contributed by atoms with Gasteiger partial charge in [-0.1, -0.05) is 53.5 Å². The van der Waals surface area contributed by atoms with Gasteiger partial charge in [0.1, 0.15) is 23.0 Å². The van der Waals surface area contributed by atoms with Gasteiger partial charge in [0, 0.05) is 64.9 Å². The number of amides is 2. The van der Waals surface area contributed by atoms with Crippen molar-refractivity contribution in [3.63, 3.8) is 0 Å². The SMILES string of the molecule is C=C[C@@H]1[C@@H](Oc2cc(OC)ncc2F)C[C@H](c2cc3c([C@@H](C)OCc4ccc(OC)cc4)nc4c(F)c(-c5cccc(Cl)c5Cl)c(CCC#N)cc4c3n2[C@H]2[C@@H]3C[C@H]2N(C(=O)OC(C)(C)C)C3)N1C(=O)C1CC1. The average Bonchev–Trinajstić information content (AvgIpc) is 3.65. The van der Waals surface area contributed by atoms with Crippen LogP contribution in [0.25, 0.3) is 32.9 Å². The fourth-order valence-corrected chi connectivity index (χ4v) is 11.5. The summed E-state index contributed by atoms with van der Waals surface area (Å²) in [6.07, 6.45) is 3.28. The highest BCUT2D eigenvalue weighted by Crippen LogP contribution is 2.56. The minimum absolute atomic E-state index is 0.0281. The Bertz CT molecular complexity index is 3210. The van der Waals surface area contributed by atoms with E-state index >= 15 is 8.78 Å². The number of pyridine rings is 2. The lowest BCUT2D eigenvalue weighted by molar-refractivity contribution is -0.135. The van der Waals surface area contributed by atoms with Crippen LogP contribution in [0.4, 0.5) is 13.6 Å². The predicted molar refractivity (Wildman–Crippen MR) is 273 cm³/mol. The third-order valence-electron chi connectivity index (χ3n) is 14.6. The highest BCUT2D eigenvalue weighted by Gasteiger charge is 2.58. The van der Waals surface area contributed by atoms with E-state index in [1.165, 1.54) is 13.2 Å². The molecule has 5 fully saturated rings. The molecule has 11 rings (SSSR count).